The molecule has 1 saturated carbocycles. The molecule has 3 nitrogen and oxygen atoms in total. The summed E-state index contributed by atoms with van der Waals surface area (Å²) in [7, 11) is 1.91. The summed E-state index contributed by atoms with van der Waals surface area (Å²) in [6.07, 6.45) is 5.58. The minimum absolute atomic E-state index is 0.0819. The molecule has 1 aromatic rings. The molecule has 0 radical (unpaired) electrons. The van der Waals surface area contributed by atoms with Crippen molar-refractivity contribution >= 4 is 5.91 Å². The molecule has 1 amide bonds. The zero-order valence-electron chi connectivity index (χ0n) is 12.8. The molecule has 3 heteroatoms. The first-order chi connectivity index (χ1) is 9.58. The Morgan fingerprint density at radius 3 is 2.65 bits per heavy atom. The normalized spacial score (nSPS) is 17.6. The molecule has 0 aromatic heterocycles. The van der Waals surface area contributed by atoms with Gasteiger partial charge < -0.3 is 9.64 Å². The van der Waals surface area contributed by atoms with E-state index in [0.29, 0.717) is 6.04 Å². The van der Waals surface area contributed by atoms with Crippen LogP contribution in [0.3, 0.4) is 0 Å². The third-order valence-corrected chi connectivity index (χ3v) is 4.12. The van der Waals surface area contributed by atoms with Crippen molar-refractivity contribution in [2.45, 2.75) is 58.1 Å². The van der Waals surface area contributed by atoms with Crippen LogP contribution >= 0.6 is 0 Å². The molecular formula is C17H25NO2. The van der Waals surface area contributed by atoms with Gasteiger partial charge in [0.05, 0.1) is 0 Å². The fourth-order valence-electron chi connectivity index (χ4n) is 2.88. The van der Waals surface area contributed by atoms with Gasteiger partial charge in [-0.25, -0.2) is 0 Å². The van der Waals surface area contributed by atoms with E-state index in [0.717, 1.165) is 24.2 Å². The van der Waals surface area contributed by atoms with Crippen molar-refractivity contribution < 1.29 is 9.53 Å². The number of nitrogens with zero attached hydrogens (tertiary/aromatic N) is 1. The molecule has 0 spiro atoms. The minimum atomic E-state index is -0.427. The smallest absolute Gasteiger partial charge is 0.263 e. The molecule has 0 aliphatic heterocycles. The summed E-state index contributed by atoms with van der Waals surface area (Å²) in [5.41, 5.74) is 1.14. The Hall–Kier alpha value is -1.51. The second-order valence-electron chi connectivity index (χ2n) is 5.82. The highest BCUT2D eigenvalue weighted by molar-refractivity contribution is 5.81. The monoisotopic (exact) mass is 275 g/mol. The van der Waals surface area contributed by atoms with E-state index in [1.807, 2.05) is 50.1 Å². The summed E-state index contributed by atoms with van der Waals surface area (Å²) in [6.45, 7) is 3.86. The maximum Gasteiger partial charge on any atom is 0.263 e. The molecule has 0 bridgehead atoms. The molecule has 2 rings (SSSR count). The number of benzene rings is 1. The number of ether oxygens (including phenoxy) is 1. The molecule has 1 aliphatic carbocycles. The number of hydrogen-bond acceptors (Lipinski definition) is 2. The lowest BCUT2D eigenvalue weighted by Crippen LogP contribution is -2.44. The van der Waals surface area contributed by atoms with Crippen LogP contribution in [0.4, 0.5) is 0 Å². The Bertz CT molecular complexity index is 452. The van der Waals surface area contributed by atoms with Gasteiger partial charge in [0, 0.05) is 13.1 Å². The largest absolute Gasteiger partial charge is 0.481 e. The molecule has 110 valence electrons. The van der Waals surface area contributed by atoms with E-state index < -0.39 is 6.10 Å². The minimum Gasteiger partial charge on any atom is -0.481 e. The van der Waals surface area contributed by atoms with Crippen molar-refractivity contribution in [2.75, 3.05) is 7.05 Å². The summed E-state index contributed by atoms with van der Waals surface area (Å²) in [4.78, 5) is 14.3. The predicted octanol–water partition coefficient (Wildman–Crippen LogP) is 3.55. The van der Waals surface area contributed by atoms with Gasteiger partial charge in [-0.2, -0.15) is 0 Å². The lowest BCUT2D eigenvalue weighted by Gasteiger charge is -2.32. The highest BCUT2D eigenvalue weighted by Crippen LogP contribution is 2.23. The molecule has 0 heterocycles. The number of aryl methyl sites for hydroxylation is 1. The van der Waals surface area contributed by atoms with Gasteiger partial charge in [-0.05, 0) is 44.4 Å². The zero-order chi connectivity index (χ0) is 14.5. The lowest BCUT2D eigenvalue weighted by atomic mass is 9.94. The molecule has 0 saturated heterocycles. The second kappa shape index (κ2) is 6.78. The first-order valence-corrected chi connectivity index (χ1v) is 7.58. The van der Waals surface area contributed by atoms with Crippen LogP contribution < -0.4 is 4.74 Å². The van der Waals surface area contributed by atoms with Crippen LogP contribution in [0.2, 0.25) is 0 Å². The highest BCUT2D eigenvalue weighted by atomic mass is 16.5. The van der Waals surface area contributed by atoms with Crippen molar-refractivity contribution in [1.82, 2.24) is 4.90 Å². The Morgan fingerprint density at radius 1 is 1.30 bits per heavy atom. The van der Waals surface area contributed by atoms with Crippen LogP contribution in [0.15, 0.2) is 24.3 Å². The molecule has 0 unspecified atom stereocenters. The van der Waals surface area contributed by atoms with E-state index in [4.69, 9.17) is 4.74 Å². The van der Waals surface area contributed by atoms with Crippen molar-refractivity contribution in [1.29, 1.82) is 0 Å². The van der Waals surface area contributed by atoms with E-state index in [-0.39, 0.29) is 5.91 Å². The van der Waals surface area contributed by atoms with Crippen LogP contribution in [0.25, 0.3) is 0 Å². The third kappa shape index (κ3) is 3.75. The molecular weight excluding hydrogens is 250 g/mol. The number of amides is 1. The van der Waals surface area contributed by atoms with Crippen LogP contribution in [0, 0.1) is 6.92 Å². The van der Waals surface area contributed by atoms with E-state index >= 15 is 0 Å². The molecule has 20 heavy (non-hydrogen) atoms. The molecule has 0 N–H and O–H groups in total. The quantitative estimate of drug-likeness (QED) is 0.841. The van der Waals surface area contributed by atoms with Gasteiger partial charge in [-0.1, -0.05) is 31.4 Å². The van der Waals surface area contributed by atoms with Crippen molar-refractivity contribution in [3.8, 4) is 5.75 Å². The number of likely N-dealkylation sites (N-methyl/N-ethyl adjacent to an activating group) is 1. The fraction of sp³-hybridized carbons (Fsp3) is 0.588. The van der Waals surface area contributed by atoms with Gasteiger partial charge >= 0.3 is 0 Å². The van der Waals surface area contributed by atoms with Gasteiger partial charge in [0.25, 0.3) is 5.91 Å². The number of rotatable bonds is 4. The third-order valence-electron chi connectivity index (χ3n) is 4.12. The van der Waals surface area contributed by atoms with E-state index in [2.05, 4.69) is 0 Å². The van der Waals surface area contributed by atoms with E-state index in [1.165, 1.54) is 19.3 Å². The van der Waals surface area contributed by atoms with Gasteiger partial charge in [0.15, 0.2) is 6.10 Å². The van der Waals surface area contributed by atoms with Crippen LogP contribution in [0.1, 0.15) is 44.6 Å². The summed E-state index contributed by atoms with van der Waals surface area (Å²) in [5, 5.41) is 0. The Morgan fingerprint density at radius 2 is 2.00 bits per heavy atom. The first-order valence-electron chi connectivity index (χ1n) is 7.58. The average Bonchev–Trinajstić information content (AvgIpc) is 2.46. The van der Waals surface area contributed by atoms with Crippen LogP contribution in [0.5, 0.6) is 5.75 Å². The maximum absolute atomic E-state index is 12.4. The molecule has 1 fully saturated rings. The van der Waals surface area contributed by atoms with E-state index in [1.54, 1.807) is 0 Å². The summed E-state index contributed by atoms with van der Waals surface area (Å²) >= 11 is 0. The van der Waals surface area contributed by atoms with Crippen molar-refractivity contribution in [2.24, 2.45) is 0 Å². The van der Waals surface area contributed by atoms with Gasteiger partial charge in [-0.3, -0.25) is 4.79 Å². The summed E-state index contributed by atoms with van der Waals surface area (Å²) in [6, 6.07) is 8.22. The highest BCUT2D eigenvalue weighted by Gasteiger charge is 2.26. The average molecular weight is 275 g/mol. The lowest BCUT2D eigenvalue weighted by molar-refractivity contribution is -0.139. The SMILES string of the molecule is Cc1cccc(O[C@H](C)C(=O)N(C)C2CCCCC2)c1. The topological polar surface area (TPSA) is 29.5 Å². The number of carbonyl (C=O) groups excluding carboxylic acids is 1. The maximum atomic E-state index is 12.4. The van der Waals surface area contributed by atoms with Crippen molar-refractivity contribution in [3.05, 3.63) is 29.8 Å². The van der Waals surface area contributed by atoms with Crippen LogP contribution in [-0.2, 0) is 4.79 Å². The van der Waals surface area contributed by atoms with Gasteiger partial charge in [-0.15, -0.1) is 0 Å². The summed E-state index contributed by atoms with van der Waals surface area (Å²) < 4.78 is 5.78. The van der Waals surface area contributed by atoms with Crippen LogP contribution in [-0.4, -0.2) is 30.0 Å². The molecule has 1 aliphatic rings. The Kier molecular flexibility index (Phi) is 5.05. The predicted molar refractivity (Wildman–Crippen MR) is 80.9 cm³/mol. The second-order valence-corrected chi connectivity index (χ2v) is 5.82. The summed E-state index contributed by atoms with van der Waals surface area (Å²) in [5.74, 6) is 0.848. The first kappa shape index (κ1) is 14.9. The fourth-order valence-corrected chi connectivity index (χ4v) is 2.88. The van der Waals surface area contributed by atoms with E-state index in [9.17, 15) is 4.79 Å². The standard InChI is InChI=1S/C17H25NO2/c1-13-8-7-11-16(12-13)20-14(2)17(19)18(3)15-9-5-4-6-10-15/h7-8,11-12,14-15H,4-6,9-10H2,1-3H3/t14-/m1/s1. The van der Waals surface area contributed by atoms with Gasteiger partial charge in [0.2, 0.25) is 0 Å². The number of carbonyl (C=O) groups is 1. The van der Waals surface area contributed by atoms with Gasteiger partial charge in [0.1, 0.15) is 5.75 Å². The zero-order valence-corrected chi connectivity index (χ0v) is 12.8. The molecule has 1 atom stereocenters. The Labute approximate surface area is 121 Å². The number of hydrogen-bond donors (Lipinski definition) is 0. The van der Waals surface area contributed by atoms with Crippen molar-refractivity contribution in [3.63, 3.8) is 0 Å². The molecule has 1 aromatic carbocycles. The Balaban J connectivity index is 1.93.